The summed E-state index contributed by atoms with van der Waals surface area (Å²) in [7, 11) is 0. The SMILES string of the molecule is Ic1ccccc1NCCc1cccs1. The van der Waals surface area contributed by atoms with E-state index in [-0.39, 0.29) is 0 Å². The zero-order valence-corrected chi connectivity index (χ0v) is 11.2. The molecule has 1 nitrogen and oxygen atoms in total. The average molecular weight is 329 g/mol. The second-order valence-corrected chi connectivity index (χ2v) is 5.43. The third kappa shape index (κ3) is 3.21. The number of halogens is 1. The molecule has 1 aromatic carbocycles. The van der Waals surface area contributed by atoms with Crippen LogP contribution < -0.4 is 5.32 Å². The van der Waals surface area contributed by atoms with E-state index in [1.807, 2.05) is 11.3 Å². The van der Waals surface area contributed by atoms with Gasteiger partial charge in [0.15, 0.2) is 0 Å². The first-order valence-electron chi connectivity index (χ1n) is 4.87. The summed E-state index contributed by atoms with van der Waals surface area (Å²) in [6, 6.07) is 12.7. The highest BCUT2D eigenvalue weighted by Crippen LogP contribution is 2.17. The molecule has 78 valence electrons. The Labute approximate surface area is 108 Å². The second kappa shape index (κ2) is 5.51. The Kier molecular flexibility index (Phi) is 4.02. The number of nitrogens with one attached hydrogen (secondary N) is 1. The van der Waals surface area contributed by atoms with Crippen molar-refractivity contribution in [3.63, 3.8) is 0 Å². The van der Waals surface area contributed by atoms with Gasteiger partial charge in [0.05, 0.1) is 0 Å². The molecule has 0 spiro atoms. The topological polar surface area (TPSA) is 12.0 Å². The number of hydrogen-bond donors (Lipinski definition) is 1. The van der Waals surface area contributed by atoms with Crippen LogP contribution >= 0.6 is 33.9 Å². The summed E-state index contributed by atoms with van der Waals surface area (Å²) in [5.74, 6) is 0. The standard InChI is InChI=1S/C12H12INS/c13-11-5-1-2-6-12(11)14-8-7-10-4-3-9-15-10/h1-6,9,14H,7-8H2. The molecule has 0 aliphatic carbocycles. The van der Waals surface area contributed by atoms with Gasteiger partial charge in [-0.15, -0.1) is 11.3 Å². The highest BCUT2D eigenvalue weighted by Gasteiger charge is 1.97. The molecule has 0 radical (unpaired) electrons. The van der Waals surface area contributed by atoms with Crippen LogP contribution in [0, 0.1) is 3.57 Å². The molecule has 0 bridgehead atoms. The molecule has 1 aromatic heterocycles. The van der Waals surface area contributed by atoms with E-state index in [1.54, 1.807) is 0 Å². The molecule has 3 heteroatoms. The van der Waals surface area contributed by atoms with Crippen molar-refractivity contribution < 1.29 is 0 Å². The molecule has 0 atom stereocenters. The first-order chi connectivity index (χ1) is 7.36. The smallest absolute Gasteiger partial charge is 0.0475 e. The molecule has 0 aliphatic heterocycles. The summed E-state index contributed by atoms with van der Waals surface area (Å²) >= 11 is 4.17. The number of rotatable bonds is 4. The monoisotopic (exact) mass is 329 g/mol. The van der Waals surface area contributed by atoms with Crippen LogP contribution in [0.2, 0.25) is 0 Å². The van der Waals surface area contributed by atoms with Crippen molar-refractivity contribution in [3.05, 3.63) is 50.2 Å². The Morgan fingerprint density at radius 2 is 2.00 bits per heavy atom. The van der Waals surface area contributed by atoms with Crippen molar-refractivity contribution in [1.29, 1.82) is 0 Å². The third-order valence-electron chi connectivity index (χ3n) is 2.14. The molecule has 0 saturated carbocycles. The van der Waals surface area contributed by atoms with Gasteiger partial charge < -0.3 is 5.32 Å². The quantitative estimate of drug-likeness (QED) is 0.836. The van der Waals surface area contributed by atoms with E-state index >= 15 is 0 Å². The predicted molar refractivity (Wildman–Crippen MR) is 75.7 cm³/mol. The molecule has 2 aromatic rings. The Morgan fingerprint density at radius 1 is 1.13 bits per heavy atom. The zero-order valence-electron chi connectivity index (χ0n) is 8.24. The maximum absolute atomic E-state index is 3.45. The van der Waals surface area contributed by atoms with Crippen molar-refractivity contribution in [2.45, 2.75) is 6.42 Å². The van der Waals surface area contributed by atoms with Gasteiger partial charge in [-0.05, 0) is 52.6 Å². The fourth-order valence-corrected chi connectivity index (χ4v) is 2.67. The number of benzene rings is 1. The minimum Gasteiger partial charge on any atom is -0.384 e. The summed E-state index contributed by atoms with van der Waals surface area (Å²) in [6.45, 7) is 1.00. The highest BCUT2D eigenvalue weighted by molar-refractivity contribution is 14.1. The van der Waals surface area contributed by atoms with Gasteiger partial charge in [0.1, 0.15) is 0 Å². The highest BCUT2D eigenvalue weighted by atomic mass is 127. The Bertz CT molecular complexity index is 411. The molecule has 0 fully saturated rings. The van der Waals surface area contributed by atoms with Crippen LogP contribution in [-0.2, 0) is 6.42 Å². The van der Waals surface area contributed by atoms with Crippen molar-refractivity contribution in [1.82, 2.24) is 0 Å². The Morgan fingerprint density at radius 3 is 2.73 bits per heavy atom. The van der Waals surface area contributed by atoms with Crippen LogP contribution in [0.5, 0.6) is 0 Å². The molecule has 0 amide bonds. The largest absolute Gasteiger partial charge is 0.384 e. The second-order valence-electron chi connectivity index (χ2n) is 3.24. The lowest BCUT2D eigenvalue weighted by Crippen LogP contribution is -2.04. The van der Waals surface area contributed by atoms with Gasteiger partial charge >= 0.3 is 0 Å². The van der Waals surface area contributed by atoms with Crippen LogP contribution in [-0.4, -0.2) is 6.54 Å². The fraction of sp³-hybridized carbons (Fsp3) is 0.167. The van der Waals surface area contributed by atoms with Crippen molar-refractivity contribution in [3.8, 4) is 0 Å². The van der Waals surface area contributed by atoms with Gasteiger partial charge in [-0.25, -0.2) is 0 Å². The molecule has 1 heterocycles. The first kappa shape index (κ1) is 11.0. The lowest BCUT2D eigenvalue weighted by Gasteiger charge is -2.07. The Hall–Kier alpha value is -0.550. The molecular formula is C12H12INS. The molecule has 2 rings (SSSR count). The first-order valence-corrected chi connectivity index (χ1v) is 6.83. The number of thiophene rings is 1. The lowest BCUT2D eigenvalue weighted by atomic mass is 10.3. The molecular weight excluding hydrogens is 317 g/mol. The molecule has 15 heavy (non-hydrogen) atoms. The number of para-hydroxylation sites is 1. The van der Waals surface area contributed by atoms with Crippen LogP contribution in [0.25, 0.3) is 0 Å². The van der Waals surface area contributed by atoms with E-state index < -0.39 is 0 Å². The molecule has 1 N–H and O–H groups in total. The van der Waals surface area contributed by atoms with Gasteiger partial charge in [0.2, 0.25) is 0 Å². The summed E-state index contributed by atoms with van der Waals surface area (Å²) < 4.78 is 1.28. The van der Waals surface area contributed by atoms with Gasteiger partial charge in [-0.1, -0.05) is 18.2 Å². The summed E-state index contributed by atoms with van der Waals surface area (Å²) in [4.78, 5) is 1.44. The third-order valence-corrected chi connectivity index (χ3v) is 4.02. The van der Waals surface area contributed by atoms with E-state index in [9.17, 15) is 0 Å². The number of hydrogen-bond acceptors (Lipinski definition) is 2. The normalized spacial score (nSPS) is 10.2. The lowest BCUT2D eigenvalue weighted by molar-refractivity contribution is 1.04. The summed E-state index contributed by atoms with van der Waals surface area (Å²) in [6.07, 6.45) is 1.10. The van der Waals surface area contributed by atoms with Crippen molar-refractivity contribution in [2.75, 3.05) is 11.9 Å². The predicted octanol–water partition coefficient (Wildman–Crippen LogP) is 4.01. The van der Waals surface area contributed by atoms with E-state index in [0.717, 1.165) is 13.0 Å². The summed E-state index contributed by atoms with van der Waals surface area (Å²) in [5, 5.41) is 5.58. The maximum Gasteiger partial charge on any atom is 0.0475 e. The summed E-state index contributed by atoms with van der Waals surface area (Å²) in [5.41, 5.74) is 1.23. The number of anilines is 1. The van der Waals surface area contributed by atoms with Crippen molar-refractivity contribution >= 4 is 39.6 Å². The minimum atomic E-state index is 1.00. The van der Waals surface area contributed by atoms with Crippen LogP contribution in [0.4, 0.5) is 5.69 Å². The minimum absolute atomic E-state index is 1.00. The van der Waals surface area contributed by atoms with E-state index in [2.05, 4.69) is 69.7 Å². The van der Waals surface area contributed by atoms with Crippen LogP contribution in [0.3, 0.4) is 0 Å². The Balaban J connectivity index is 1.86. The van der Waals surface area contributed by atoms with E-state index in [1.165, 1.54) is 14.1 Å². The average Bonchev–Trinajstić information content (AvgIpc) is 2.74. The van der Waals surface area contributed by atoms with E-state index in [0.29, 0.717) is 0 Å². The molecule has 0 aliphatic rings. The fourth-order valence-electron chi connectivity index (χ4n) is 1.38. The molecule has 0 unspecified atom stereocenters. The van der Waals surface area contributed by atoms with Gasteiger partial charge in [0.25, 0.3) is 0 Å². The zero-order chi connectivity index (χ0) is 10.5. The van der Waals surface area contributed by atoms with Crippen molar-refractivity contribution in [2.24, 2.45) is 0 Å². The maximum atomic E-state index is 3.45. The van der Waals surface area contributed by atoms with Gasteiger partial charge in [-0.2, -0.15) is 0 Å². The molecule has 0 saturated heterocycles. The van der Waals surface area contributed by atoms with Gasteiger partial charge in [-0.3, -0.25) is 0 Å². The van der Waals surface area contributed by atoms with Crippen LogP contribution in [0.15, 0.2) is 41.8 Å². The van der Waals surface area contributed by atoms with Gasteiger partial charge in [0, 0.05) is 20.7 Å². The van der Waals surface area contributed by atoms with E-state index in [4.69, 9.17) is 0 Å². The van der Waals surface area contributed by atoms with Crippen LogP contribution in [0.1, 0.15) is 4.88 Å².